The van der Waals surface area contributed by atoms with Crippen molar-refractivity contribution in [3.63, 3.8) is 0 Å². The molecule has 1 saturated carbocycles. The van der Waals surface area contributed by atoms with Crippen molar-refractivity contribution in [2.75, 3.05) is 12.0 Å². The molecule has 0 radical (unpaired) electrons. The number of anilines is 1. The average molecular weight is 502 g/mol. The van der Waals surface area contributed by atoms with Crippen molar-refractivity contribution in [1.29, 1.82) is 0 Å². The number of benzene rings is 2. The van der Waals surface area contributed by atoms with E-state index in [2.05, 4.69) is 4.98 Å². The number of methoxy groups -OCH3 is 1. The summed E-state index contributed by atoms with van der Waals surface area (Å²) < 4.78 is 7.23. The van der Waals surface area contributed by atoms with Crippen molar-refractivity contribution in [1.82, 2.24) is 9.55 Å². The number of carbonyl (C=O) groups excluding carboxylic acids is 2. The van der Waals surface area contributed by atoms with Crippen molar-refractivity contribution in [3.8, 4) is 5.75 Å². The zero-order chi connectivity index (χ0) is 25.2. The first-order chi connectivity index (χ1) is 17.5. The van der Waals surface area contributed by atoms with E-state index in [0.717, 1.165) is 58.5 Å². The third-order valence-corrected chi connectivity index (χ3v) is 7.98. The van der Waals surface area contributed by atoms with Gasteiger partial charge in [-0.05, 0) is 62.6 Å². The Bertz CT molecular complexity index is 1380. The molecular formula is C29H31N3O3S. The van der Waals surface area contributed by atoms with Gasteiger partial charge in [0.2, 0.25) is 5.91 Å². The molecule has 1 aliphatic carbocycles. The van der Waals surface area contributed by atoms with Crippen LogP contribution in [0, 0.1) is 13.8 Å². The molecule has 1 aliphatic rings. The van der Waals surface area contributed by atoms with E-state index in [-0.39, 0.29) is 24.3 Å². The number of carbonyl (C=O) groups is 2. The van der Waals surface area contributed by atoms with E-state index in [1.54, 1.807) is 17.9 Å². The van der Waals surface area contributed by atoms with Crippen LogP contribution in [0.2, 0.25) is 0 Å². The minimum Gasteiger partial charge on any atom is -0.497 e. The highest BCUT2D eigenvalue weighted by atomic mass is 32.1. The minimum atomic E-state index is -0.106. The highest BCUT2D eigenvalue weighted by Gasteiger charge is 2.30. The molecule has 0 atom stereocenters. The summed E-state index contributed by atoms with van der Waals surface area (Å²) in [4.78, 5) is 34.0. The molecule has 1 amide bonds. The molecule has 6 nitrogen and oxygen atoms in total. The zero-order valence-corrected chi connectivity index (χ0v) is 21.8. The summed E-state index contributed by atoms with van der Waals surface area (Å²) in [7, 11) is 1.63. The number of aryl methyl sites for hydroxylation is 1. The van der Waals surface area contributed by atoms with Crippen LogP contribution in [-0.4, -0.2) is 34.5 Å². The lowest BCUT2D eigenvalue weighted by Crippen LogP contribution is -2.42. The van der Waals surface area contributed by atoms with Crippen LogP contribution in [0.25, 0.3) is 10.9 Å². The maximum absolute atomic E-state index is 13.9. The normalized spacial score (nSPS) is 14.2. The van der Waals surface area contributed by atoms with Crippen LogP contribution in [0.15, 0.2) is 54.0 Å². The van der Waals surface area contributed by atoms with Crippen molar-refractivity contribution in [3.05, 3.63) is 76.4 Å². The Hall–Kier alpha value is -3.45. The van der Waals surface area contributed by atoms with Gasteiger partial charge < -0.3 is 4.74 Å². The van der Waals surface area contributed by atoms with Crippen molar-refractivity contribution < 1.29 is 14.3 Å². The van der Waals surface area contributed by atoms with E-state index < -0.39 is 0 Å². The number of hydrogen-bond donors (Lipinski definition) is 0. The Balaban J connectivity index is 1.58. The molecule has 5 rings (SSSR count). The Kier molecular flexibility index (Phi) is 6.92. The smallest absolute Gasteiger partial charge is 0.262 e. The summed E-state index contributed by atoms with van der Waals surface area (Å²) in [5.74, 6) is 0.607. The number of aromatic nitrogens is 2. The van der Waals surface area contributed by atoms with E-state index >= 15 is 0 Å². The van der Waals surface area contributed by atoms with Gasteiger partial charge in [-0.2, -0.15) is 0 Å². The molecule has 0 saturated heterocycles. The first kappa shape index (κ1) is 24.3. The quantitative estimate of drug-likeness (QED) is 0.310. The Morgan fingerprint density at radius 3 is 2.50 bits per heavy atom. The second-order valence-electron chi connectivity index (χ2n) is 9.50. The molecule has 0 spiro atoms. The summed E-state index contributed by atoms with van der Waals surface area (Å²) in [6.07, 6.45) is 7.40. The number of fused-ring (bicyclic) bond motifs is 1. The lowest BCUT2D eigenvalue weighted by atomic mass is 9.94. The summed E-state index contributed by atoms with van der Waals surface area (Å²) in [6.45, 7) is 3.93. The first-order valence-electron chi connectivity index (χ1n) is 12.5. The van der Waals surface area contributed by atoms with Gasteiger partial charge in [-0.25, -0.2) is 4.98 Å². The molecule has 0 aliphatic heterocycles. The highest BCUT2D eigenvalue weighted by molar-refractivity contribution is 7.13. The molecule has 0 N–H and O–H groups in total. The largest absolute Gasteiger partial charge is 0.497 e. The van der Waals surface area contributed by atoms with E-state index in [1.807, 2.05) is 66.6 Å². The molecular weight excluding hydrogens is 470 g/mol. The number of rotatable bonds is 6. The summed E-state index contributed by atoms with van der Waals surface area (Å²) in [5, 5.41) is 3.53. The van der Waals surface area contributed by atoms with Crippen LogP contribution in [-0.2, 0) is 11.2 Å². The van der Waals surface area contributed by atoms with Crippen LogP contribution < -0.4 is 9.64 Å². The summed E-state index contributed by atoms with van der Waals surface area (Å²) in [5.41, 5.74) is 4.12. The topological polar surface area (TPSA) is 64.4 Å². The maximum Gasteiger partial charge on any atom is 0.262 e. The van der Waals surface area contributed by atoms with Gasteiger partial charge >= 0.3 is 0 Å². The minimum absolute atomic E-state index is 0.0182. The van der Waals surface area contributed by atoms with Crippen LogP contribution in [0.5, 0.6) is 5.75 Å². The third kappa shape index (κ3) is 4.55. The fraction of sp³-hybridized carbons (Fsp3) is 0.345. The summed E-state index contributed by atoms with van der Waals surface area (Å²) in [6, 6.07) is 13.4. The molecule has 0 unspecified atom stereocenters. The van der Waals surface area contributed by atoms with E-state index in [0.29, 0.717) is 11.3 Å². The van der Waals surface area contributed by atoms with E-state index in [4.69, 9.17) is 4.74 Å². The average Bonchev–Trinajstić information content (AvgIpc) is 3.51. The molecule has 1 fully saturated rings. The predicted octanol–water partition coefficient (Wildman–Crippen LogP) is 6.32. The van der Waals surface area contributed by atoms with Gasteiger partial charge in [0.25, 0.3) is 5.91 Å². The van der Waals surface area contributed by atoms with Gasteiger partial charge in [0.05, 0.1) is 19.0 Å². The lowest BCUT2D eigenvalue weighted by molar-refractivity contribution is -0.118. The highest BCUT2D eigenvalue weighted by Crippen LogP contribution is 2.33. The predicted molar refractivity (Wildman–Crippen MR) is 144 cm³/mol. The molecule has 2 aromatic heterocycles. The molecule has 2 heterocycles. The number of thiazole rings is 1. The van der Waals surface area contributed by atoms with Crippen LogP contribution in [0.4, 0.5) is 5.13 Å². The third-order valence-electron chi connectivity index (χ3n) is 7.21. The fourth-order valence-corrected chi connectivity index (χ4v) is 6.01. The van der Waals surface area contributed by atoms with E-state index in [9.17, 15) is 9.59 Å². The molecule has 0 bridgehead atoms. The van der Waals surface area contributed by atoms with Gasteiger partial charge in [-0.3, -0.25) is 19.1 Å². The van der Waals surface area contributed by atoms with Gasteiger partial charge in [-0.1, -0.05) is 37.0 Å². The molecule has 36 heavy (non-hydrogen) atoms. The standard InChI is InChI=1S/C29H31N3O3S/c1-19-9-11-21(12-10-19)28(34)31-20(2)24(25-17-23(35-3)13-14-26(25)31)18-27(33)32(29-30-15-16-36-29)22-7-5-4-6-8-22/h9-17,22H,4-8,18H2,1-3H3. The molecule has 186 valence electrons. The molecule has 4 aromatic rings. The first-order valence-corrected chi connectivity index (χ1v) is 13.4. The fourth-order valence-electron chi connectivity index (χ4n) is 5.28. The summed E-state index contributed by atoms with van der Waals surface area (Å²) >= 11 is 1.50. The van der Waals surface area contributed by atoms with Crippen LogP contribution in [0.1, 0.15) is 59.3 Å². The SMILES string of the molecule is COc1ccc2c(c1)c(CC(=O)N(c1nccs1)C1CCCCC1)c(C)n2C(=O)c1ccc(C)cc1. The zero-order valence-electron chi connectivity index (χ0n) is 21.0. The van der Waals surface area contributed by atoms with Crippen LogP contribution in [0.3, 0.4) is 0 Å². The maximum atomic E-state index is 13.9. The van der Waals surface area contributed by atoms with Gasteiger partial charge in [-0.15, -0.1) is 11.3 Å². The Labute approximate surface area is 215 Å². The lowest BCUT2D eigenvalue weighted by Gasteiger charge is -2.32. The van der Waals surface area contributed by atoms with Crippen LogP contribution >= 0.6 is 11.3 Å². The van der Waals surface area contributed by atoms with Gasteiger partial charge in [0.15, 0.2) is 5.13 Å². The number of hydrogen-bond acceptors (Lipinski definition) is 5. The molecule has 7 heteroatoms. The number of ether oxygens (including phenoxy) is 1. The monoisotopic (exact) mass is 501 g/mol. The van der Waals surface area contributed by atoms with Gasteiger partial charge in [0, 0.05) is 34.3 Å². The van der Waals surface area contributed by atoms with E-state index in [1.165, 1.54) is 17.8 Å². The Morgan fingerprint density at radius 2 is 1.83 bits per heavy atom. The number of amides is 1. The molecule has 2 aromatic carbocycles. The van der Waals surface area contributed by atoms with Crippen molar-refractivity contribution in [2.24, 2.45) is 0 Å². The van der Waals surface area contributed by atoms with Crippen molar-refractivity contribution in [2.45, 2.75) is 58.4 Å². The van der Waals surface area contributed by atoms with Crippen molar-refractivity contribution >= 4 is 39.2 Å². The second kappa shape index (κ2) is 10.3. The Morgan fingerprint density at radius 1 is 1.08 bits per heavy atom. The second-order valence-corrected chi connectivity index (χ2v) is 10.4. The number of nitrogens with zero attached hydrogens (tertiary/aromatic N) is 3. The van der Waals surface area contributed by atoms with Gasteiger partial charge in [0.1, 0.15) is 5.75 Å².